The normalized spacial score (nSPS) is 10.3. The number of rotatable bonds is 4. The van der Waals surface area contributed by atoms with E-state index in [4.69, 9.17) is 0 Å². The molecule has 104 valence electrons. The molecule has 0 unspecified atom stereocenters. The molecule has 0 radical (unpaired) electrons. The molecule has 2 aromatic rings. The predicted molar refractivity (Wildman–Crippen MR) is 76.3 cm³/mol. The van der Waals surface area contributed by atoms with Crippen LogP contribution in [-0.2, 0) is 6.54 Å². The Morgan fingerprint density at radius 2 is 1.95 bits per heavy atom. The fourth-order valence-corrected chi connectivity index (χ4v) is 2.01. The number of benzene rings is 2. The van der Waals surface area contributed by atoms with Gasteiger partial charge in [0.2, 0.25) is 0 Å². The summed E-state index contributed by atoms with van der Waals surface area (Å²) in [5.41, 5.74) is 2.66. The third kappa shape index (κ3) is 2.93. The average Bonchev–Trinajstić information content (AvgIpc) is 2.39. The Balaban J connectivity index is 2.19. The SMILES string of the molecule is Cc1ccc(CNc2c(C)cccc2F)cc1[N+](=O)[O-]. The quantitative estimate of drug-likeness (QED) is 0.678. The summed E-state index contributed by atoms with van der Waals surface area (Å²) >= 11 is 0. The van der Waals surface area contributed by atoms with E-state index in [0.29, 0.717) is 17.8 Å². The molecule has 0 heterocycles. The van der Waals surface area contributed by atoms with Crippen LogP contribution in [0.1, 0.15) is 16.7 Å². The van der Waals surface area contributed by atoms with Crippen LogP contribution in [0.15, 0.2) is 36.4 Å². The lowest BCUT2D eigenvalue weighted by Crippen LogP contribution is -2.04. The van der Waals surface area contributed by atoms with E-state index in [2.05, 4.69) is 5.32 Å². The van der Waals surface area contributed by atoms with Crippen molar-refractivity contribution in [2.45, 2.75) is 20.4 Å². The number of halogens is 1. The average molecular weight is 274 g/mol. The third-order valence-electron chi connectivity index (χ3n) is 3.16. The summed E-state index contributed by atoms with van der Waals surface area (Å²) < 4.78 is 13.7. The van der Waals surface area contributed by atoms with Gasteiger partial charge in [0.1, 0.15) is 5.82 Å². The fraction of sp³-hybridized carbons (Fsp3) is 0.200. The molecule has 0 aliphatic heterocycles. The van der Waals surface area contributed by atoms with Gasteiger partial charge >= 0.3 is 0 Å². The van der Waals surface area contributed by atoms with Gasteiger partial charge in [-0.2, -0.15) is 0 Å². The number of nitro benzene ring substituents is 1. The van der Waals surface area contributed by atoms with Crippen LogP contribution in [0.3, 0.4) is 0 Å². The van der Waals surface area contributed by atoms with Crippen molar-refractivity contribution < 1.29 is 9.31 Å². The molecule has 0 aromatic heterocycles. The first-order valence-corrected chi connectivity index (χ1v) is 6.22. The summed E-state index contributed by atoms with van der Waals surface area (Å²) in [7, 11) is 0. The highest BCUT2D eigenvalue weighted by atomic mass is 19.1. The highest BCUT2D eigenvalue weighted by Crippen LogP contribution is 2.22. The molecule has 0 saturated heterocycles. The Morgan fingerprint density at radius 1 is 1.20 bits per heavy atom. The molecule has 5 heteroatoms. The van der Waals surface area contributed by atoms with Gasteiger partial charge in [0.25, 0.3) is 5.69 Å². The second kappa shape index (κ2) is 5.69. The van der Waals surface area contributed by atoms with Crippen LogP contribution in [0.4, 0.5) is 15.8 Å². The van der Waals surface area contributed by atoms with E-state index in [0.717, 1.165) is 11.1 Å². The summed E-state index contributed by atoms with van der Waals surface area (Å²) in [5, 5.41) is 13.9. The van der Waals surface area contributed by atoms with Crippen molar-refractivity contribution in [2.75, 3.05) is 5.32 Å². The van der Waals surface area contributed by atoms with Crippen molar-refractivity contribution in [1.29, 1.82) is 0 Å². The van der Waals surface area contributed by atoms with Crippen molar-refractivity contribution in [1.82, 2.24) is 0 Å². The molecule has 0 bridgehead atoms. The standard InChI is InChI=1S/C15H15FN2O2/c1-10-6-7-12(8-14(10)18(19)20)9-17-15-11(2)4-3-5-13(15)16/h3-8,17H,9H2,1-2H3. The Kier molecular flexibility index (Phi) is 3.98. The molecule has 0 atom stereocenters. The van der Waals surface area contributed by atoms with Crippen LogP contribution in [-0.4, -0.2) is 4.92 Å². The topological polar surface area (TPSA) is 55.2 Å². The Bertz CT molecular complexity index is 636. The van der Waals surface area contributed by atoms with E-state index in [-0.39, 0.29) is 11.5 Å². The molecular weight excluding hydrogens is 259 g/mol. The van der Waals surface area contributed by atoms with Crippen molar-refractivity contribution in [3.63, 3.8) is 0 Å². The highest BCUT2D eigenvalue weighted by Gasteiger charge is 2.11. The summed E-state index contributed by atoms with van der Waals surface area (Å²) in [6.07, 6.45) is 0. The first-order valence-electron chi connectivity index (χ1n) is 6.22. The van der Waals surface area contributed by atoms with Gasteiger partial charge in [0, 0.05) is 18.2 Å². The molecule has 0 aliphatic carbocycles. The van der Waals surface area contributed by atoms with E-state index in [1.165, 1.54) is 12.1 Å². The van der Waals surface area contributed by atoms with E-state index >= 15 is 0 Å². The second-order valence-corrected chi connectivity index (χ2v) is 4.66. The molecular formula is C15H15FN2O2. The van der Waals surface area contributed by atoms with Gasteiger partial charge in [-0.05, 0) is 31.0 Å². The third-order valence-corrected chi connectivity index (χ3v) is 3.16. The molecule has 0 saturated carbocycles. The van der Waals surface area contributed by atoms with Crippen molar-refractivity contribution >= 4 is 11.4 Å². The lowest BCUT2D eigenvalue weighted by Gasteiger charge is -2.10. The van der Waals surface area contributed by atoms with Crippen LogP contribution in [0.5, 0.6) is 0 Å². The smallest absolute Gasteiger partial charge is 0.272 e. The van der Waals surface area contributed by atoms with E-state index in [1.54, 1.807) is 25.1 Å². The van der Waals surface area contributed by atoms with Gasteiger partial charge < -0.3 is 5.32 Å². The summed E-state index contributed by atoms with van der Waals surface area (Å²) in [4.78, 5) is 10.5. The minimum absolute atomic E-state index is 0.0783. The van der Waals surface area contributed by atoms with E-state index in [9.17, 15) is 14.5 Å². The molecule has 0 spiro atoms. The number of para-hydroxylation sites is 1. The number of hydrogen-bond acceptors (Lipinski definition) is 3. The largest absolute Gasteiger partial charge is 0.378 e. The summed E-state index contributed by atoms with van der Waals surface area (Å²) in [6.45, 7) is 3.84. The molecule has 2 aromatic carbocycles. The lowest BCUT2D eigenvalue weighted by molar-refractivity contribution is -0.385. The van der Waals surface area contributed by atoms with Gasteiger partial charge in [0.15, 0.2) is 0 Å². The molecule has 2 rings (SSSR count). The maximum absolute atomic E-state index is 13.7. The molecule has 4 nitrogen and oxygen atoms in total. The minimum atomic E-state index is -0.410. The molecule has 0 fully saturated rings. The van der Waals surface area contributed by atoms with Crippen molar-refractivity contribution in [3.05, 3.63) is 69.0 Å². The second-order valence-electron chi connectivity index (χ2n) is 4.66. The van der Waals surface area contributed by atoms with Gasteiger partial charge in [-0.3, -0.25) is 10.1 Å². The zero-order valence-electron chi connectivity index (χ0n) is 11.3. The van der Waals surface area contributed by atoms with Gasteiger partial charge in [-0.1, -0.05) is 24.3 Å². The first-order chi connectivity index (χ1) is 9.49. The number of aryl methyl sites for hydroxylation is 2. The predicted octanol–water partition coefficient (Wildman–Crippen LogP) is 3.96. The number of hydrogen-bond donors (Lipinski definition) is 1. The Hall–Kier alpha value is -2.43. The van der Waals surface area contributed by atoms with Crippen molar-refractivity contribution in [2.24, 2.45) is 0 Å². The maximum Gasteiger partial charge on any atom is 0.272 e. The Labute approximate surface area is 116 Å². The van der Waals surface area contributed by atoms with E-state index in [1.807, 2.05) is 13.0 Å². The van der Waals surface area contributed by atoms with Gasteiger partial charge in [-0.25, -0.2) is 4.39 Å². The molecule has 0 amide bonds. The maximum atomic E-state index is 13.7. The lowest BCUT2D eigenvalue weighted by atomic mass is 10.1. The monoisotopic (exact) mass is 274 g/mol. The number of nitrogens with one attached hydrogen (secondary N) is 1. The van der Waals surface area contributed by atoms with Crippen LogP contribution in [0.25, 0.3) is 0 Å². The minimum Gasteiger partial charge on any atom is -0.378 e. The molecule has 20 heavy (non-hydrogen) atoms. The first kappa shape index (κ1) is 14.0. The van der Waals surface area contributed by atoms with Crippen LogP contribution in [0, 0.1) is 29.8 Å². The molecule has 0 aliphatic rings. The zero-order chi connectivity index (χ0) is 14.7. The van der Waals surface area contributed by atoms with Crippen LogP contribution >= 0.6 is 0 Å². The van der Waals surface area contributed by atoms with E-state index < -0.39 is 4.92 Å². The number of anilines is 1. The van der Waals surface area contributed by atoms with Gasteiger partial charge in [0.05, 0.1) is 10.6 Å². The van der Waals surface area contributed by atoms with Crippen LogP contribution < -0.4 is 5.32 Å². The Morgan fingerprint density at radius 3 is 2.60 bits per heavy atom. The number of nitrogens with zero attached hydrogens (tertiary/aromatic N) is 1. The zero-order valence-corrected chi connectivity index (χ0v) is 11.3. The summed E-state index contributed by atoms with van der Waals surface area (Å²) in [6, 6.07) is 9.84. The summed E-state index contributed by atoms with van der Waals surface area (Å²) in [5.74, 6) is -0.327. The molecule has 1 N–H and O–H groups in total. The fourth-order valence-electron chi connectivity index (χ4n) is 2.01. The number of nitro groups is 1. The van der Waals surface area contributed by atoms with Crippen LogP contribution in [0.2, 0.25) is 0 Å². The highest BCUT2D eigenvalue weighted by molar-refractivity contribution is 5.52. The van der Waals surface area contributed by atoms with Gasteiger partial charge in [-0.15, -0.1) is 0 Å². The van der Waals surface area contributed by atoms with Crippen molar-refractivity contribution in [3.8, 4) is 0 Å².